The van der Waals surface area contributed by atoms with Gasteiger partial charge in [0.1, 0.15) is 11.6 Å². The van der Waals surface area contributed by atoms with Gasteiger partial charge in [0.2, 0.25) is 0 Å². The number of benzene rings is 1. The molecule has 1 N–H and O–H groups in total. The lowest BCUT2D eigenvalue weighted by Crippen LogP contribution is -2.32. The molecule has 0 radical (unpaired) electrons. The monoisotopic (exact) mass is 254 g/mol. The van der Waals surface area contributed by atoms with Crippen molar-refractivity contribution in [3.05, 3.63) is 47.5 Å². The number of nitrogens with one attached hydrogen (secondary N) is 1. The largest absolute Gasteiger partial charge is 0.312 e. The van der Waals surface area contributed by atoms with Crippen molar-refractivity contribution in [3.63, 3.8) is 0 Å². The molecular weight excluding hydrogens is 236 g/mol. The maximum atomic E-state index is 4.46. The van der Waals surface area contributed by atoms with E-state index >= 15 is 0 Å². The third-order valence-electron chi connectivity index (χ3n) is 4.33. The number of hydrogen-bond acceptors (Lipinski definition) is 3. The minimum Gasteiger partial charge on any atom is -0.312 e. The minimum atomic E-state index is 0.323. The number of aromatic nitrogens is 3. The van der Waals surface area contributed by atoms with Gasteiger partial charge in [-0.25, -0.2) is 0 Å². The molecule has 1 aliphatic heterocycles. The Balaban J connectivity index is 1.62. The second kappa shape index (κ2) is 4.17. The average molecular weight is 254 g/mol. The predicted molar refractivity (Wildman–Crippen MR) is 73.0 cm³/mol. The lowest BCUT2D eigenvalue weighted by Gasteiger charge is -2.22. The Morgan fingerprint density at radius 3 is 2.74 bits per heavy atom. The highest BCUT2D eigenvalue weighted by molar-refractivity contribution is 5.31. The molecule has 0 amide bonds. The highest BCUT2D eigenvalue weighted by Crippen LogP contribution is 2.54. The molecule has 4 nitrogen and oxygen atoms in total. The summed E-state index contributed by atoms with van der Waals surface area (Å²) >= 11 is 0. The summed E-state index contributed by atoms with van der Waals surface area (Å²) in [6.45, 7) is 4.17. The molecule has 2 aromatic rings. The third kappa shape index (κ3) is 1.78. The summed E-state index contributed by atoms with van der Waals surface area (Å²) in [7, 11) is 0. The van der Waals surface area contributed by atoms with E-state index in [-0.39, 0.29) is 0 Å². The SMILES string of the molecule is CC1NCCn2c1nnc2C1CC1c1ccccc1. The number of fused-ring (bicyclic) bond motifs is 1. The van der Waals surface area contributed by atoms with Crippen molar-refractivity contribution in [2.45, 2.75) is 37.8 Å². The van der Waals surface area contributed by atoms with Crippen molar-refractivity contribution in [1.82, 2.24) is 20.1 Å². The molecule has 3 unspecified atom stereocenters. The summed E-state index contributed by atoms with van der Waals surface area (Å²) < 4.78 is 2.33. The molecule has 19 heavy (non-hydrogen) atoms. The molecule has 0 saturated heterocycles. The highest BCUT2D eigenvalue weighted by Gasteiger charge is 2.43. The van der Waals surface area contributed by atoms with Crippen LogP contribution in [-0.2, 0) is 6.54 Å². The van der Waals surface area contributed by atoms with Gasteiger partial charge in [0.05, 0.1) is 6.04 Å². The highest BCUT2D eigenvalue weighted by atomic mass is 15.3. The topological polar surface area (TPSA) is 42.7 Å². The van der Waals surface area contributed by atoms with E-state index in [9.17, 15) is 0 Å². The summed E-state index contributed by atoms with van der Waals surface area (Å²) in [6, 6.07) is 11.1. The molecule has 2 aliphatic rings. The quantitative estimate of drug-likeness (QED) is 0.893. The van der Waals surface area contributed by atoms with Crippen LogP contribution < -0.4 is 5.32 Å². The van der Waals surface area contributed by atoms with Crippen LogP contribution in [0.15, 0.2) is 30.3 Å². The van der Waals surface area contributed by atoms with Crippen molar-refractivity contribution < 1.29 is 0 Å². The maximum absolute atomic E-state index is 4.46. The van der Waals surface area contributed by atoms with Crippen LogP contribution in [0.5, 0.6) is 0 Å². The molecule has 2 heterocycles. The van der Waals surface area contributed by atoms with Gasteiger partial charge in [-0.15, -0.1) is 10.2 Å². The summed E-state index contributed by atoms with van der Waals surface area (Å²) in [4.78, 5) is 0. The van der Waals surface area contributed by atoms with Gasteiger partial charge >= 0.3 is 0 Å². The first-order chi connectivity index (χ1) is 9.34. The predicted octanol–water partition coefficient (Wildman–Crippen LogP) is 2.21. The number of nitrogens with zero attached hydrogens (tertiary/aromatic N) is 3. The van der Waals surface area contributed by atoms with Gasteiger partial charge in [-0.3, -0.25) is 0 Å². The van der Waals surface area contributed by atoms with E-state index in [2.05, 4.69) is 57.3 Å². The van der Waals surface area contributed by atoms with Gasteiger partial charge in [0, 0.05) is 19.0 Å². The van der Waals surface area contributed by atoms with E-state index in [0.29, 0.717) is 17.9 Å². The Morgan fingerprint density at radius 1 is 1.11 bits per heavy atom. The van der Waals surface area contributed by atoms with Gasteiger partial charge in [-0.2, -0.15) is 0 Å². The van der Waals surface area contributed by atoms with E-state index in [1.807, 2.05) is 0 Å². The van der Waals surface area contributed by atoms with Gasteiger partial charge in [-0.05, 0) is 24.8 Å². The fraction of sp³-hybridized carbons (Fsp3) is 0.467. The van der Waals surface area contributed by atoms with Crippen LogP contribution in [0.1, 0.15) is 48.4 Å². The Kier molecular flexibility index (Phi) is 2.45. The second-order valence-corrected chi connectivity index (χ2v) is 5.60. The summed E-state index contributed by atoms with van der Waals surface area (Å²) in [6.07, 6.45) is 1.21. The van der Waals surface area contributed by atoms with Crippen LogP contribution in [0.2, 0.25) is 0 Å². The molecule has 0 bridgehead atoms. The van der Waals surface area contributed by atoms with E-state index in [0.717, 1.165) is 18.9 Å². The normalized spacial score (nSPS) is 29.0. The van der Waals surface area contributed by atoms with Crippen molar-refractivity contribution >= 4 is 0 Å². The van der Waals surface area contributed by atoms with Crippen LogP contribution >= 0.6 is 0 Å². The van der Waals surface area contributed by atoms with Gasteiger partial charge in [-0.1, -0.05) is 30.3 Å². The molecule has 1 saturated carbocycles. The zero-order valence-corrected chi connectivity index (χ0v) is 11.1. The van der Waals surface area contributed by atoms with Crippen LogP contribution in [0.25, 0.3) is 0 Å². The first-order valence-corrected chi connectivity index (χ1v) is 7.06. The molecule has 98 valence electrons. The van der Waals surface area contributed by atoms with Gasteiger partial charge in [0.15, 0.2) is 0 Å². The number of rotatable bonds is 2. The number of hydrogen-bond donors (Lipinski definition) is 1. The summed E-state index contributed by atoms with van der Waals surface area (Å²) in [5, 5.41) is 12.3. The lowest BCUT2D eigenvalue weighted by atomic mass is 10.1. The molecular formula is C15H18N4. The Hall–Kier alpha value is -1.68. The Bertz CT molecular complexity index is 589. The molecule has 1 fully saturated rings. The Labute approximate surface area is 112 Å². The molecule has 1 aromatic carbocycles. The van der Waals surface area contributed by atoms with Crippen LogP contribution in [0.3, 0.4) is 0 Å². The van der Waals surface area contributed by atoms with Crippen molar-refractivity contribution in [2.24, 2.45) is 0 Å². The fourth-order valence-electron chi connectivity index (χ4n) is 3.18. The van der Waals surface area contributed by atoms with E-state index in [4.69, 9.17) is 0 Å². The zero-order chi connectivity index (χ0) is 12.8. The standard InChI is InChI=1S/C15H18N4/c1-10-14-17-18-15(19(14)8-7-16-10)13-9-12(13)11-5-3-2-4-6-11/h2-6,10,12-13,16H,7-9H2,1H3. The van der Waals surface area contributed by atoms with Crippen LogP contribution in [0.4, 0.5) is 0 Å². The molecule has 1 aromatic heterocycles. The lowest BCUT2D eigenvalue weighted by molar-refractivity contribution is 0.429. The fourth-order valence-corrected chi connectivity index (χ4v) is 3.18. The second-order valence-electron chi connectivity index (χ2n) is 5.60. The molecule has 1 aliphatic carbocycles. The third-order valence-corrected chi connectivity index (χ3v) is 4.33. The molecule has 4 heteroatoms. The van der Waals surface area contributed by atoms with Crippen LogP contribution in [-0.4, -0.2) is 21.3 Å². The Morgan fingerprint density at radius 2 is 1.89 bits per heavy atom. The van der Waals surface area contributed by atoms with Gasteiger partial charge in [0.25, 0.3) is 0 Å². The maximum Gasteiger partial charge on any atom is 0.149 e. The summed E-state index contributed by atoms with van der Waals surface area (Å²) in [5.74, 6) is 3.49. The van der Waals surface area contributed by atoms with Crippen LogP contribution in [0, 0.1) is 0 Å². The van der Waals surface area contributed by atoms with E-state index in [1.165, 1.54) is 17.8 Å². The zero-order valence-electron chi connectivity index (χ0n) is 11.1. The van der Waals surface area contributed by atoms with Crippen molar-refractivity contribution in [2.75, 3.05) is 6.54 Å². The molecule has 0 spiro atoms. The minimum absolute atomic E-state index is 0.323. The van der Waals surface area contributed by atoms with E-state index in [1.54, 1.807) is 0 Å². The first kappa shape index (κ1) is 11.2. The summed E-state index contributed by atoms with van der Waals surface area (Å²) in [5.41, 5.74) is 1.44. The van der Waals surface area contributed by atoms with Crippen molar-refractivity contribution in [3.8, 4) is 0 Å². The average Bonchev–Trinajstić information content (AvgIpc) is 3.12. The van der Waals surface area contributed by atoms with Gasteiger partial charge < -0.3 is 9.88 Å². The van der Waals surface area contributed by atoms with E-state index < -0.39 is 0 Å². The first-order valence-electron chi connectivity index (χ1n) is 7.06. The molecule has 4 rings (SSSR count). The smallest absolute Gasteiger partial charge is 0.149 e. The van der Waals surface area contributed by atoms with Crippen molar-refractivity contribution in [1.29, 1.82) is 0 Å². The molecule has 3 atom stereocenters.